The number of hydrogen-bond acceptors (Lipinski definition) is 6. The van der Waals surface area contributed by atoms with Crippen LogP contribution in [-0.4, -0.2) is 43.9 Å². The molecule has 3 amide bonds. The molecule has 19 heavy (non-hydrogen) atoms. The molecule has 1 saturated carbocycles. The lowest BCUT2D eigenvalue weighted by Crippen LogP contribution is -2.44. The maximum Gasteiger partial charge on any atom is 0.321 e. The lowest BCUT2D eigenvalue weighted by atomic mass is 10.2. The summed E-state index contributed by atoms with van der Waals surface area (Å²) < 4.78 is 1.47. The van der Waals surface area contributed by atoms with E-state index in [0.29, 0.717) is 5.16 Å². The fraction of sp³-hybridized carbons (Fsp3) is 0.700. The van der Waals surface area contributed by atoms with Crippen LogP contribution in [0.2, 0.25) is 0 Å². The number of hydrogen-bond donors (Lipinski definition) is 2. The quantitative estimate of drug-likeness (QED) is 0.759. The van der Waals surface area contributed by atoms with E-state index in [4.69, 9.17) is 0 Å². The van der Waals surface area contributed by atoms with Crippen molar-refractivity contribution in [1.82, 2.24) is 30.8 Å². The Morgan fingerprint density at radius 2 is 2.16 bits per heavy atom. The average Bonchev–Trinajstić information content (AvgIpc) is 2.98. The van der Waals surface area contributed by atoms with Gasteiger partial charge in [-0.25, -0.2) is 9.48 Å². The van der Waals surface area contributed by atoms with Crippen molar-refractivity contribution in [2.75, 3.05) is 5.75 Å². The second-order valence-corrected chi connectivity index (χ2v) is 5.32. The summed E-state index contributed by atoms with van der Waals surface area (Å²) in [4.78, 5) is 23.1. The summed E-state index contributed by atoms with van der Waals surface area (Å²) in [7, 11) is 1.69. The van der Waals surface area contributed by atoms with E-state index in [1.807, 2.05) is 0 Å². The Labute approximate surface area is 114 Å². The number of nitrogens with one attached hydrogen (secondary N) is 2. The average molecular weight is 284 g/mol. The summed E-state index contributed by atoms with van der Waals surface area (Å²) in [5.41, 5.74) is 0. The Morgan fingerprint density at radius 3 is 2.79 bits per heavy atom. The molecule has 1 aromatic heterocycles. The molecule has 0 aromatic carbocycles. The Hall–Kier alpha value is -1.64. The molecular formula is C10H16N6O2S. The molecule has 104 valence electrons. The minimum atomic E-state index is -0.423. The van der Waals surface area contributed by atoms with Crippen molar-refractivity contribution in [2.24, 2.45) is 7.05 Å². The minimum absolute atomic E-state index is 0.103. The molecule has 8 nitrogen and oxygen atoms in total. The summed E-state index contributed by atoms with van der Waals surface area (Å²) in [5.74, 6) is -0.254. The fourth-order valence-electron chi connectivity index (χ4n) is 1.93. The number of carbonyl (C=O) groups excluding carboxylic acids is 2. The van der Waals surface area contributed by atoms with E-state index in [2.05, 4.69) is 26.2 Å². The summed E-state index contributed by atoms with van der Waals surface area (Å²) >= 11 is 1.18. The highest BCUT2D eigenvalue weighted by molar-refractivity contribution is 7.99. The van der Waals surface area contributed by atoms with Gasteiger partial charge in [-0.05, 0) is 23.3 Å². The van der Waals surface area contributed by atoms with E-state index in [-0.39, 0.29) is 17.7 Å². The normalized spacial score (nSPS) is 15.4. The maximum absolute atomic E-state index is 11.6. The van der Waals surface area contributed by atoms with Crippen molar-refractivity contribution < 1.29 is 9.59 Å². The molecular weight excluding hydrogens is 268 g/mol. The van der Waals surface area contributed by atoms with Gasteiger partial charge in [0.1, 0.15) is 0 Å². The van der Waals surface area contributed by atoms with E-state index in [1.54, 1.807) is 7.05 Å². The Morgan fingerprint density at radius 1 is 1.42 bits per heavy atom. The number of tetrazole rings is 1. The van der Waals surface area contributed by atoms with Gasteiger partial charge >= 0.3 is 6.03 Å². The minimum Gasteiger partial charge on any atom is -0.335 e. The van der Waals surface area contributed by atoms with E-state index in [9.17, 15) is 9.59 Å². The smallest absolute Gasteiger partial charge is 0.321 e. The number of thioether (sulfide) groups is 1. The predicted molar refractivity (Wildman–Crippen MR) is 68.5 cm³/mol. The van der Waals surface area contributed by atoms with Gasteiger partial charge in [0, 0.05) is 13.1 Å². The maximum atomic E-state index is 11.6. The van der Waals surface area contributed by atoms with E-state index in [1.165, 1.54) is 16.4 Å². The van der Waals surface area contributed by atoms with Gasteiger partial charge in [-0.15, -0.1) is 5.10 Å². The number of rotatable bonds is 4. The predicted octanol–water partition coefficient (Wildman–Crippen LogP) is 0.0706. The van der Waals surface area contributed by atoms with Gasteiger partial charge in [-0.1, -0.05) is 24.6 Å². The molecule has 1 fully saturated rings. The summed E-state index contributed by atoms with van der Waals surface area (Å²) in [6.45, 7) is 0. The fourth-order valence-corrected chi connectivity index (χ4v) is 2.58. The van der Waals surface area contributed by atoms with E-state index < -0.39 is 6.03 Å². The molecule has 0 radical (unpaired) electrons. The number of amides is 3. The first kappa shape index (κ1) is 13.8. The lowest BCUT2D eigenvalue weighted by Gasteiger charge is -2.11. The van der Waals surface area contributed by atoms with Crippen molar-refractivity contribution in [2.45, 2.75) is 36.9 Å². The number of carbonyl (C=O) groups is 2. The first-order chi connectivity index (χ1) is 9.15. The molecule has 2 rings (SSSR count). The molecule has 1 heterocycles. The van der Waals surface area contributed by atoms with Crippen molar-refractivity contribution in [3.63, 3.8) is 0 Å². The number of nitrogens with zero attached hydrogens (tertiary/aromatic N) is 4. The van der Waals surface area contributed by atoms with Gasteiger partial charge < -0.3 is 5.32 Å². The molecule has 0 aliphatic heterocycles. The van der Waals surface area contributed by atoms with Crippen LogP contribution in [0.4, 0.5) is 4.79 Å². The SMILES string of the molecule is Cn1nnnc1SCC(=O)NC(=O)NC1CCCC1. The van der Waals surface area contributed by atoms with Crippen LogP contribution in [0.1, 0.15) is 25.7 Å². The zero-order valence-electron chi connectivity index (χ0n) is 10.6. The second-order valence-electron chi connectivity index (χ2n) is 4.38. The van der Waals surface area contributed by atoms with Crippen LogP contribution in [0.5, 0.6) is 0 Å². The van der Waals surface area contributed by atoms with Gasteiger partial charge in [0.15, 0.2) is 0 Å². The topological polar surface area (TPSA) is 102 Å². The van der Waals surface area contributed by atoms with Crippen LogP contribution in [0.3, 0.4) is 0 Å². The van der Waals surface area contributed by atoms with Gasteiger partial charge in [-0.2, -0.15) is 0 Å². The number of aromatic nitrogens is 4. The van der Waals surface area contributed by atoms with Crippen LogP contribution in [0.15, 0.2) is 5.16 Å². The van der Waals surface area contributed by atoms with E-state index >= 15 is 0 Å². The molecule has 0 spiro atoms. The highest BCUT2D eigenvalue weighted by Crippen LogP contribution is 2.17. The molecule has 9 heteroatoms. The van der Waals surface area contributed by atoms with Gasteiger partial charge in [-0.3, -0.25) is 10.1 Å². The lowest BCUT2D eigenvalue weighted by molar-refractivity contribution is -0.117. The first-order valence-electron chi connectivity index (χ1n) is 6.10. The summed E-state index contributed by atoms with van der Waals surface area (Å²) in [6, 6.07) is -0.225. The van der Waals surface area contributed by atoms with Crippen LogP contribution in [-0.2, 0) is 11.8 Å². The third kappa shape index (κ3) is 4.19. The van der Waals surface area contributed by atoms with Crippen LogP contribution >= 0.6 is 11.8 Å². The van der Waals surface area contributed by atoms with Gasteiger partial charge in [0.25, 0.3) is 0 Å². The van der Waals surface area contributed by atoms with Crippen molar-refractivity contribution in [1.29, 1.82) is 0 Å². The standard InChI is InChI=1S/C10H16N6O2S/c1-16-10(13-14-15-16)19-6-8(17)12-9(18)11-7-4-2-3-5-7/h7H,2-6H2,1H3,(H2,11,12,17,18). The largest absolute Gasteiger partial charge is 0.335 e. The Balaban J connectivity index is 1.69. The van der Waals surface area contributed by atoms with Crippen LogP contribution in [0.25, 0.3) is 0 Å². The number of aryl methyl sites for hydroxylation is 1. The second kappa shape index (κ2) is 6.50. The van der Waals surface area contributed by atoms with Crippen LogP contribution < -0.4 is 10.6 Å². The monoisotopic (exact) mass is 284 g/mol. The van der Waals surface area contributed by atoms with Gasteiger partial charge in [0.2, 0.25) is 11.1 Å². The molecule has 0 unspecified atom stereocenters. The molecule has 1 aliphatic rings. The first-order valence-corrected chi connectivity index (χ1v) is 7.09. The Kier molecular flexibility index (Phi) is 4.72. The van der Waals surface area contributed by atoms with Crippen LogP contribution in [0, 0.1) is 0 Å². The molecule has 0 atom stereocenters. The molecule has 0 bridgehead atoms. The highest BCUT2D eigenvalue weighted by Gasteiger charge is 2.18. The molecule has 2 N–H and O–H groups in total. The Bertz CT molecular complexity index is 457. The van der Waals surface area contributed by atoms with Crippen molar-refractivity contribution in [3.05, 3.63) is 0 Å². The third-order valence-corrected chi connectivity index (χ3v) is 3.87. The summed E-state index contributed by atoms with van der Waals surface area (Å²) in [6.07, 6.45) is 4.24. The molecule has 1 aromatic rings. The van der Waals surface area contributed by atoms with Crippen molar-refractivity contribution in [3.8, 4) is 0 Å². The number of urea groups is 1. The number of imide groups is 1. The molecule has 1 aliphatic carbocycles. The van der Waals surface area contributed by atoms with E-state index in [0.717, 1.165) is 25.7 Å². The summed E-state index contributed by atoms with van der Waals surface area (Å²) in [5, 5.41) is 16.5. The zero-order chi connectivity index (χ0) is 13.7. The third-order valence-electron chi connectivity index (χ3n) is 2.86. The zero-order valence-corrected chi connectivity index (χ0v) is 11.4. The van der Waals surface area contributed by atoms with Gasteiger partial charge in [0.05, 0.1) is 5.75 Å². The highest BCUT2D eigenvalue weighted by atomic mass is 32.2. The van der Waals surface area contributed by atoms with Crippen molar-refractivity contribution >= 4 is 23.7 Å². The molecule has 0 saturated heterocycles.